The lowest BCUT2D eigenvalue weighted by Crippen LogP contribution is -2.18. The van der Waals surface area contributed by atoms with Crippen LogP contribution in [0.2, 0.25) is 5.02 Å². The second-order valence-corrected chi connectivity index (χ2v) is 4.67. The molecular formula is C14H14ClFN2. The lowest BCUT2D eigenvalue weighted by molar-refractivity contribution is 0.626. The fourth-order valence-corrected chi connectivity index (χ4v) is 1.85. The van der Waals surface area contributed by atoms with Crippen LogP contribution in [-0.4, -0.2) is 11.0 Å². The van der Waals surface area contributed by atoms with Crippen molar-refractivity contribution in [2.45, 2.75) is 19.4 Å². The van der Waals surface area contributed by atoms with Crippen molar-refractivity contribution >= 4 is 17.4 Å². The Kier molecular flexibility index (Phi) is 4.15. The van der Waals surface area contributed by atoms with Crippen molar-refractivity contribution in [1.82, 2.24) is 4.98 Å². The number of nitrogens with zero attached hydrogens (tertiary/aromatic N) is 1. The number of aromatic nitrogens is 1. The maximum absolute atomic E-state index is 12.8. The number of halogens is 2. The van der Waals surface area contributed by atoms with Crippen LogP contribution in [0.3, 0.4) is 0 Å². The molecule has 0 saturated heterocycles. The molecule has 0 aliphatic carbocycles. The molecule has 18 heavy (non-hydrogen) atoms. The van der Waals surface area contributed by atoms with E-state index < -0.39 is 0 Å². The van der Waals surface area contributed by atoms with Crippen molar-refractivity contribution in [3.63, 3.8) is 0 Å². The monoisotopic (exact) mass is 264 g/mol. The summed E-state index contributed by atoms with van der Waals surface area (Å²) in [6, 6.07) is 10.4. The molecule has 94 valence electrons. The van der Waals surface area contributed by atoms with Gasteiger partial charge in [0, 0.05) is 12.2 Å². The van der Waals surface area contributed by atoms with Crippen LogP contribution >= 0.6 is 11.6 Å². The van der Waals surface area contributed by atoms with E-state index in [1.165, 1.54) is 12.1 Å². The largest absolute Gasteiger partial charge is 0.367 e. The molecule has 0 fully saturated rings. The first-order valence-corrected chi connectivity index (χ1v) is 6.14. The van der Waals surface area contributed by atoms with Gasteiger partial charge in [0.05, 0.1) is 5.02 Å². The van der Waals surface area contributed by atoms with Crippen LogP contribution in [0.15, 0.2) is 42.6 Å². The zero-order valence-electron chi connectivity index (χ0n) is 10.0. The highest BCUT2D eigenvalue weighted by atomic mass is 35.5. The summed E-state index contributed by atoms with van der Waals surface area (Å²) in [5.41, 5.74) is 1.09. The summed E-state index contributed by atoms with van der Waals surface area (Å²) in [5, 5.41) is 3.89. The van der Waals surface area contributed by atoms with Gasteiger partial charge in [0.1, 0.15) is 11.6 Å². The Morgan fingerprint density at radius 1 is 1.22 bits per heavy atom. The van der Waals surface area contributed by atoms with Crippen LogP contribution in [0.4, 0.5) is 10.2 Å². The molecule has 1 atom stereocenters. The van der Waals surface area contributed by atoms with Gasteiger partial charge in [-0.15, -0.1) is 0 Å². The first-order chi connectivity index (χ1) is 8.63. The lowest BCUT2D eigenvalue weighted by atomic mass is 10.1. The van der Waals surface area contributed by atoms with Crippen LogP contribution in [-0.2, 0) is 6.42 Å². The molecule has 1 unspecified atom stereocenters. The zero-order valence-corrected chi connectivity index (χ0v) is 10.8. The summed E-state index contributed by atoms with van der Waals surface area (Å²) in [7, 11) is 0. The molecular weight excluding hydrogens is 251 g/mol. The van der Waals surface area contributed by atoms with Gasteiger partial charge in [-0.05, 0) is 43.2 Å². The van der Waals surface area contributed by atoms with E-state index in [4.69, 9.17) is 11.6 Å². The van der Waals surface area contributed by atoms with Gasteiger partial charge in [0.25, 0.3) is 0 Å². The maximum Gasteiger partial charge on any atom is 0.126 e. The van der Waals surface area contributed by atoms with Gasteiger partial charge in [-0.2, -0.15) is 0 Å². The molecule has 4 heteroatoms. The Labute approximate surface area is 111 Å². The molecule has 0 saturated carbocycles. The number of pyridine rings is 1. The number of hydrogen-bond donors (Lipinski definition) is 1. The second-order valence-electron chi connectivity index (χ2n) is 4.24. The lowest BCUT2D eigenvalue weighted by Gasteiger charge is -2.14. The Morgan fingerprint density at radius 3 is 2.56 bits per heavy atom. The molecule has 0 aliphatic heterocycles. The molecule has 2 nitrogen and oxygen atoms in total. The topological polar surface area (TPSA) is 24.9 Å². The van der Waals surface area contributed by atoms with Crippen LogP contribution in [0.1, 0.15) is 12.5 Å². The van der Waals surface area contributed by atoms with Crippen LogP contribution in [0.5, 0.6) is 0 Å². The first kappa shape index (κ1) is 12.8. The molecule has 1 heterocycles. The van der Waals surface area contributed by atoms with E-state index in [0.29, 0.717) is 5.02 Å². The quantitative estimate of drug-likeness (QED) is 0.905. The Morgan fingerprint density at radius 2 is 1.94 bits per heavy atom. The van der Waals surface area contributed by atoms with E-state index in [-0.39, 0.29) is 11.9 Å². The third-order valence-electron chi connectivity index (χ3n) is 2.58. The average molecular weight is 265 g/mol. The third-order valence-corrected chi connectivity index (χ3v) is 2.80. The van der Waals surface area contributed by atoms with Gasteiger partial charge in [-0.3, -0.25) is 0 Å². The van der Waals surface area contributed by atoms with Gasteiger partial charge >= 0.3 is 0 Å². The summed E-state index contributed by atoms with van der Waals surface area (Å²) in [6.07, 6.45) is 2.42. The van der Waals surface area contributed by atoms with Gasteiger partial charge in [-0.1, -0.05) is 23.7 Å². The highest BCUT2D eigenvalue weighted by Crippen LogP contribution is 2.12. The molecule has 2 aromatic rings. The normalized spacial score (nSPS) is 12.2. The van der Waals surface area contributed by atoms with Gasteiger partial charge in [0.2, 0.25) is 0 Å². The van der Waals surface area contributed by atoms with E-state index in [1.807, 2.05) is 6.07 Å². The number of hydrogen-bond acceptors (Lipinski definition) is 2. The SMILES string of the molecule is CC(Cc1ccc(F)cc1)Nc1ccc(Cl)cn1. The predicted octanol–water partition coefficient (Wildman–Crippen LogP) is 3.92. The molecule has 0 amide bonds. The summed E-state index contributed by atoms with van der Waals surface area (Å²) >= 11 is 5.77. The van der Waals surface area contributed by atoms with Gasteiger partial charge in [-0.25, -0.2) is 9.37 Å². The minimum atomic E-state index is -0.210. The molecule has 2 rings (SSSR count). The van der Waals surface area contributed by atoms with E-state index in [1.54, 1.807) is 24.4 Å². The molecule has 1 aromatic heterocycles. The third kappa shape index (κ3) is 3.70. The zero-order chi connectivity index (χ0) is 13.0. The van der Waals surface area contributed by atoms with Crippen molar-refractivity contribution < 1.29 is 4.39 Å². The maximum atomic E-state index is 12.8. The molecule has 0 aliphatic rings. The molecule has 0 radical (unpaired) electrons. The fraction of sp³-hybridized carbons (Fsp3) is 0.214. The number of anilines is 1. The van der Waals surface area contributed by atoms with E-state index >= 15 is 0 Å². The summed E-state index contributed by atoms with van der Waals surface area (Å²) in [6.45, 7) is 2.06. The summed E-state index contributed by atoms with van der Waals surface area (Å²) in [4.78, 5) is 4.17. The number of nitrogens with one attached hydrogen (secondary N) is 1. The predicted molar refractivity (Wildman–Crippen MR) is 72.4 cm³/mol. The standard InChI is InChI=1S/C14H14ClFN2/c1-10(8-11-2-5-13(16)6-3-11)18-14-7-4-12(15)9-17-14/h2-7,9-10H,8H2,1H3,(H,17,18). The van der Waals surface area contributed by atoms with Crippen LogP contribution < -0.4 is 5.32 Å². The van der Waals surface area contributed by atoms with Crippen LogP contribution in [0, 0.1) is 5.82 Å². The Bertz CT molecular complexity index is 449. The van der Waals surface area contributed by atoms with Gasteiger partial charge < -0.3 is 5.32 Å². The molecule has 1 aromatic carbocycles. The minimum absolute atomic E-state index is 0.210. The van der Waals surface area contributed by atoms with E-state index in [9.17, 15) is 4.39 Å². The smallest absolute Gasteiger partial charge is 0.126 e. The number of benzene rings is 1. The van der Waals surface area contributed by atoms with Gasteiger partial charge in [0.15, 0.2) is 0 Å². The number of rotatable bonds is 4. The Hall–Kier alpha value is -1.61. The van der Waals surface area contributed by atoms with Crippen molar-refractivity contribution in [1.29, 1.82) is 0 Å². The van der Waals surface area contributed by atoms with Crippen molar-refractivity contribution in [3.8, 4) is 0 Å². The van der Waals surface area contributed by atoms with E-state index in [0.717, 1.165) is 17.8 Å². The molecule has 0 bridgehead atoms. The van der Waals surface area contributed by atoms with Crippen molar-refractivity contribution in [3.05, 3.63) is 59.0 Å². The van der Waals surface area contributed by atoms with E-state index in [2.05, 4.69) is 17.2 Å². The summed E-state index contributed by atoms with van der Waals surface area (Å²) < 4.78 is 12.8. The molecule has 1 N–H and O–H groups in total. The first-order valence-electron chi connectivity index (χ1n) is 5.76. The Balaban J connectivity index is 1.94. The van der Waals surface area contributed by atoms with Crippen molar-refractivity contribution in [2.75, 3.05) is 5.32 Å². The average Bonchev–Trinajstić information content (AvgIpc) is 2.35. The highest BCUT2D eigenvalue weighted by molar-refractivity contribution is 6.30. The highest BCUT2D eigenvalue weighted by Gasteiger charge is 2.04. The van der Waals surface area contributed by atoms with Crippen LogP contribution in [0.25, 0.3) is 0 Å². The fourth-order valence-electron chi connectivity index (χ4n) is 1.74. The molecule has 0 spiro atoms. The summed E-state index contributed by atoms with van der Waals surface area (Å²) in [5.74, 6) is 0.577. The second kappa shape index (κ2) is 5.83. The minimum Gasteiger partial charge on any atom is -0.367 e. The van der Waals surface area contributed by atoms with Crippen molar-refractivity contribution in [2.24, 2.45) is 0 Å².